The molecule has 0 aromatic carbocycles. The molecular formula is C37H55N3O2. The van der Waals surface area contributed by atoms with Gasteiger partial charge in [0, 0.05) is 0 Å². The van der Waals surface area contributed by atoms with Crippen LogP contribution in [0.5, 0.6) is 0 Å². The Morgan fingerprint density at radius 1 is 0.476 bits per heavy atom. The Hall–Kier alpha value is -1.91. The van der Waals surface area contributed by atoms with Crippen molar-refractivity contribution >= 4 is 11.8 Å². The third kappa shape index (κ3) is 6.46. The van der Waals surface area contributed by atoms with Crippen molar-refractivity contribution in [1.82, 2.24) is 4.98 Å². The highest BCUT2D eigenvalue weighted by molar-refractivity contribution is 5.97. The van der Waals surface area contributed by atoms with Crippen molar-refractivity contribution in [3.05, 3.63) is 29.6 Å². The van der Waals surface area contributed by atoms with E-state index in [2.05, 4.69) is 18.2 Å². The zero-order valence-electron chi connectivity index (χ0n) is 26.1. The fourth-order valence-corrected chi connectivity index (χ4v) is 10.2. The van der Waals surface area contributed by atoms with Gasteiger partial charge in [-0.3, -0.25) is 0 Å². The topological polar surface area (TPSA) is 56.1 Å². The average molecular weight is 574 g/mol. The van der Waals surface area contributed by atoms with Gasteiger partial charge in [-0.2, -0.15) is 0 Å². The van der Waals surface area contributed by atoms with E-state index in [1.165, 1.54) is 128 Å². The molecule has 4 aliphatic carbocycles. The quantitative estimate of drug-likeness (QED) is 0.312. The van der Waals surface area contributed by atoms with Crippen molar-refractivity contribution in [2.45, 2.75) is 141 Å². The predicted molar refractivity (Wildman–Crippen MR) is 170 cm³/mol. The molecule has 0 bridgehead atoms. The SMILES string of the molecule is c1cc(C2=N[C@@H](C(C3CCCCC3)C3CCCCC3)CO2)nc(C2=N[C@@H](C(C3CCCCC3)C3CCCCC3)CO2)c1. The van der Waals surface area contributed by atoms with Gasteiger partial charge in [-0.1, -0.05) is 134 Å². The lowest BCUT2D eigenvalue weighted by Gasteiger charge is -2.39. The highest BCUT2D eigenvalue weighted by Gasteiger charge is 2.41. The van der Waals surface area contributed by atoms with E-state index in [9.17, 15) is 0 Å². The molecule has 3 heterocycles. The van der Waals surface area contributed by atoms with E-state index in [1.807, 2.05) is 0 Å². The summed E-state index contributed by atoms with van der Waals surface area (Å²) in [6, 6.07) is 6.80. The second-order valence-corrected chi connectivity index (χ2v) is 14.8. The predicted octanol–water partition coefficient (Wildman–Crippen LogP) is 8.93. The molecule has 7 rings (SSSR count). The van der Waals surface area contributed by atoms with E-state index in [0.717, 1.165) is 60.1 Å². The maximum atomic E-state index is 6.36. The summed E-state index contributed by atoms with van der Waals surface area (Å²) in [6.07, 6.45) is 27.9. The Bertz CT molecular complexity index is 959. The molecule has 42 heavy (non-hydrogen) atoms. The summed E-state index contributed by atoms with van der Waals surface area (Å²) in [6.45, 7) is 1.45. The maximum Gasteiger partial charge on any atom is 0.235 e. The molecule has 1 aromatic heterocycles. The van der Waals surface area contributed by atoms with Crippen LogP contribution in [0.4, 0.5) is 0 Å². The fourth-order valence-electron chi connectivity index (χ4n) is 10.2. The fraction of sp³-hybridized carbons (Fsp3) is 0.811. The number of rotatable bonds is 8. The van der Waals surface area contributed by atoms with Crippen molar-refractivity contribution in [1.29, 1.82) is 0 Å². The van der Waals surface area contributed by atoms with Crippen molar-refractivity contribution < 1.29 is 9.47 Å². The third-order valence-corrected chi connectivity index (χ3v) is 12.2. The standard InChI is InChI=1S/C37H55N3O2/c1-5-14-26(15-6-1)34(27-16-7-2-8-17-27)32-24-41-36(39-32)30-22-13-23-31(38-30)37-40-33(25-42-37)35(28-18-9-3-10-19-28)29-20-11-4-12-21-29/h13,22-23,26-29,32-35H,1-12,14-21,24-25H2/t32-,33-/m1/s1. The van der Waals surface area contributed by atoms with Crippen LogP contribution in [0.25, 0.3) is 0 Å². The van der Waals surface area contributed by atoms with Crippen LogP contribution in [0, 0.1) is 35.5 Å². The Kier molecular flexibility index (Phi) is 9.48. The molecule has 0 amide bonds. The number of hydrogen-bond donors (Lipinski definition) is 0. The smallest absolute Gasteiger partial charge is 0.235 e. The van der Waals surface area contributed by atoms with Crippen LogP contribution < -0.4 is 0 Å². The van der Waals surface area contributed by atoms with Crippen molar-refractivity contribution in [3.63, 3.8) is 0 Å². The molecule has 0 saturated heterocycles. The highest BCUT2D eigenvalue weighted by Crippen LogP contribution is 2.45. The molecule has 0 N–H and O–H groups in total. The molecule has 0 radical (unpaired) electrons. The van der Waals surface area contributed by atoms with Gasteiger partial charge >= 0.3 is 0 Å². The first-order valence-electron chi connectivity index (χ1n) is 18.2. The number of hydrogen-bond acceptors (Lipinski definition) is 5. The average Bonchev–Trinajstić information content (AvgIpc) is 3.75. The van der Waals surface area contributed by atoms with Crippen LogP contribution in [-0.2, 0) is 9.47 Å². The van der Waals surface area contributed by atoms with Crippen molar-refractivity contribution in [2.75, 3.05) is 13.2 Å². The van der Waals surface area contributed by atoms with Gasteiger partial charge in [-0.15, -0.1) is 0 Å². The lowest BCUT2D eigenvalue weighted by atomic mass is 9.67. The Morgan fingerprint density at radius 3 is 1.14 bits per heavy atom. The Balaban J connectivity index is 1.09. The zero-order valence-corrected chi connectivity index (χ0v) is 26.1. The summed E-state index contributed by atoms with van der Waals surface area (Å²) in [5.74, 6) is 6.10. The molecule has 4 fully saturated rings. The molecule has 6 aliphatic rings. The van der Waals surface area contributed by atoms with Crippen molar-refractivity contribution in [2.24, 2.45) is 45.5 Å². The minimum absolute atomic E-state index is 0.285. The molecule has 2 atom stereocenters. The first kappa shape index (κ1) is 28.8. The van der Waals surface area contributed by atoms with Crippen LogP contribution in [0.15, 0.2) is 28.2 Å². The van der Waals surface area contributed by atoms with Crippen LogP contribution in [-0.4, -0.2) is 42.1 Å². The molecule has 230 valence electrons. The molecular weight excluding hydrogens is 518 g/mol. The molecule has 5 heteroatoms. The zero-order chi connectivity index (χ0) is 28.1. The van der Waals surface area contributed by atoms with Gasteiger partial charge in [-0.05, 0) is 47.6 Å². The maximum absolute atomic E-state index is 6.36. The molecule has 2 aliphatic heterocycles. The van der Waals surface area contributed by atoms with E-state index >= 15 is 0 Å². The van der Waals surface area contributed by atoms with Crippen LogP contribution in [0.3, 0.4) is 0 Å². The number of nitrogens with zero attached hydrogens (tertiary/aromatic N) is 3. The first-order chi connectivity index (χ1) is 20.8. The van der Waals surface area contributed by atoms with Gasteiger partial charge in [0.15, 0.2) is 0 Å². The van der Waals surface area contributed by atoms with Crippen LogP contribution in [0.2, 0.25) is 0 Å². The first-order valence-corrected chi connectivity index (χ1v) is 18.2. The normalized spacial score (nSPS) is 29.0. The summed E-state index contributed by atoms with van der Waals surface area (Å²) in [5, 5.41) is 0. The molecule has 5 nitrogen and oxygen atoms in total. The summed E-state index contributed by atoms with van der Waals surface area (Å²) < 4.78 is 12.7. The lowest BCUT2D eigenvalue weighted by Crippen LogP contribution is -2.36. The van der Waals surface area contributed by atoms with E-state index in [1.54, 1.807) is 0 Å². The Morgan fingerprint density at radius 2 is 0.810 bits per heavy atom. The monoisotopic (exact) mass is 573 g/mol. The third-order valence-electron chi connectivity index (χ3n) is 12.2. The molecule has 1 aromatic rings. The second-order valence-electron chi connectivity index (χ2n) is 14.8. The summed E-state index contributed by atoms with van der Waals surface area (Å²) in [5.41, 5.74) is 1.71. The van der Waals surface area contributed by atoms with Gasteiger partial charge < -0.3 is 9.47 Å². The molecule has 4 saturated carbocycles. The van der Waals surface area contributed by atoms with E-state index in [4.69, 9.17) is 24.4 Å². The number of aliphatic imine (C=N–C) groups is 2. The number of ether oxygens (including phenoxy) is 2. The minimum atomic E-state index is 0.285. The minimum Gasteiger partial charge on any atom is -0.474 e. The van der Waals surface area contributed by atoms with E-state index < -0.39 is 0 Å². The largest absolute Gasteiger partial charge is 0.474 e. The molecule has 0 unspecified atom stereocenters. The summed E-state index contributed by atoms with van der Waals surface area (Å²) in [4.78, 5) is 15.6. The highest BCUT2D eigenvalue weighted by atomic mass is 16.5. The second kappa shape index (κ2) is 13.8. The lowest BCUT2D eigenvalue weighted by molar-refractivity contribution is 0.106. The molecule has 0 spiro atoms. The number of aromatic nitrogens is 1. The van der Waals surface area contributed by atoms with Gasteiger partial charge in [0.05, 0.1) is 12.1 Å². The number of pyridine rings is 1. The van der Waals surface area contributed by atoms with Crippen LogP contribution in [0.1, 0.15) is 140 Å². The van der Waals surface area contributed by atoms with Gasteiger partial charge in [0.1, 0.15) is 24.6 Å². The van der Waals surface area contributed by atoms with Gasteiger partial charge in [0.2, 0.25) is 11.8 Å². The Labute approximate surface area is 254 Å². The summed E-state index contributed by atoms with van der Waals surface area (Å²) >= 11 is 0. The summed E-state index contributed by atoms with van der Waals surface area (Å²) in [7, 11) is 0. The van der Waals surface area contributed by atoms with E-state index in [0.29, 0.717) is 11.8 Å². The van der Waals surface area contributed by atoms with E-state index in [-0.39, 0.29) is 12.1 Å². The van der Waals surface area contributed by atoms with Gasteiger partial charge in [-0.25, -0.2) is 15.0 Å². The van der Waals surface area contributed by atoms with Gasteiger partial charge in [0.25, 0.3) is 0 Å². The van der Waals surface area contributed by atoms with Crippen molar-refractivity contribution in [3.8, 4) is 0 Å². The van der Waals surface area contributed by atoms with Crippen LogP contribution >= 0.6 is 0 Å².